The number of nitrogens with zero attached hydrogens (tertiary/aromatic N) is 3. The smallest absolute Gasteiger partial charge is 0.408 e. The van der Waals surface area contributed by atoms with E-state index in [1.807, 2.05) is 53.7 Å². The molecule has 260 valence electrons. The molecule has 3 heterocycles. The summed E-state index contributed by atoms with van der Waals surface area (Å²) in [4.78, 5) is 51.9. The molecule has 0 bridgehead atoms. The summed E-state index contributed by atoms with van der Waals surface area (Å²) in [6.45, 7) is 12.2. The van der Waals surface area contributed by atoms with Crippen LogP contribution < -0.4 is 19.5 Å². The number of hydrogen-bond donors (Lipinski definition) is 1. The number of nitrogens with one attached hydrogen (secondary N) is 1. The lowest BCUT2D eigenvalue weighted by molar-refractivity contribution is -0.139. The summed E-state index contributed by atoms with van der Waals surface area (Å²) < 4.78 is 29.5. The molecule has 4 aliphatic rings. The number of aliphatic imine (C=N–C) groups is 1. The van der Waals surface area contributed by atoms with Gasteiger partial charge in [-0.3, -0.25) is 4.79 Å². The third kappa shape index (κ3) is 6.37. The summed E-state index contributed by atoms with van der Waals surface area (Å²) >= 11 is 0. The molecule has 2 aliphatic carbocycles. The van der Waals surface area contributed by atoms with E-state index in [0.717, 1.165) is 43.1 Å². The van der Waals surface area contributed by atoms with E-state index in [0.29, 0.717) is 42.3 Å². The molecule has 1 saturated heterocycles. The number of esters is 1. The predicted molar refractivity (Wildman–Crippen MR) is 179 cm³/mol. The molecule has 6 rings (SSSR count). The topological polar surface area (TPSA) is 138 Å². The third-order valence-corrected chi connectivity index (χ3v) is 10.1. The van der Waals surface area contributed by atoms with Crippen LogP contribution in [-0.2, 0) is 19.1 Å². The molecular weight excluding hydrogens is 616 g/mol. The Morgan fingerprint density at radius 1 is 1.15 bits per heavy atom. The monoisotopic (exact) mass is 664 g/mol. The third-order valence-electron chi connectivity index (χ3n) is 10.1. The molecule has 1 aromatic heterocycles. The van der Waals surface area contributed by atoms with E-state index < -0.39 is 35.2 Å². The second-order valence-corrected chi connectivity index (χ2v) is 14.5. The molecule has 48 heavy (non-hydrogen) atoms. The van der Waals surface area contributed by atoms with Crippen molar-refractivity contribution in [2.75, 3.05) is 20.3 Å². The van der Waals surface area contributed by atoms with Crippen LogP contribution in [0, 0.1) is 18.3 Å². The lowest BCUT2D eigenvalue weighted by Crippen LogP contribution is -2.57. The average molecular weight is 665 g/mol. The summed E-state index contributed by atoms with van der Waals surface area (Å²) in [6, 6.07) is 3.95. The van der Waals surface area contributed by atoms with Crippen LogP contribution in [0.15, 0.2) is 23.2 Å². The van der Waals surface area contributed by atoms with Gasteiger partial charge in [0.2, 0.25) is 17.7 Å². The molecule has 2 aliphatic heterocycles. The van der Waals surface area contributed by atoms with Crippen LogP contribution in [0.2, 0.25) is 0 Å². The number of alkyl carbamates (subject to hydrolysis) is 1. The molecule has 1 aromatic carbocycles. The van der Waals surface area contributed by atoms with Gasteiger partial charge < -0.3 is 33.9 Å². The quantitative estimate of drug-likeness (QED) is 0.326. The highest BCUT2D eigenvalue weighted by Gasteiger charge is 2.65. The van der Waals surface area contributed by atoms with Gasteiger partial charge in [0.05, 0.1) is 25.8 Å². The van der Waals surface area contributed by atoms with Crippen LogP contribution in [0.1, 0.15) is 85.1 Å². The van der Waals surface area contributed by atoms with Crippen molar-refractivity contribution in [2.24, 2.45) is 16.3 Å². The van der Waals surface area contributed by atoms with Crippen LogP contribution in [0.3, 0.4) is 0 Å². The molecular formula is C36H48N4O8. The van der Waals surface area contributed by atoms with Crippen molar-refractivity contribution in [3.8, 4) is 17.4 Å². The Kier molecular flexibility index (Phi) is 9.21. The molecule has 12 nitrogen and oxygen atoms in total. The van der Waals surface area contributed by atoms with Gasteiger partial charge in [-0.2, -0.15) is 0 Å². The summed E-state index contributed by atoms with van der Waals surface area (Å²) in [5.74, 6) is 1.32. The summed E-state index contributed by atoms with van der Waals surface area (Å²) in [7, 11) is 1.61. The van der Waals surface area contributed by atoms with Gasteiger partial charge in [0.25, 0.3) is 0 Å². The van der Waals surface area contributed by atoms with Crippen molar-refractivity contribution in [1.29, 1.82) is 0 Å². The minimum Gasteiger partial charge on any atom is -0.496 e. The highest BCUT2D eigenvalue weighted by molar-refractivity contribution is 6.05. The molecule has 2 saturated carbocycles. The zero-order valence-electron chi connectivity index (χ0n) is 29.1. The van der Waals surface area contributed by atoms with Crippen molar-refractivity contribution in [3.05, 3.63) is 23.8 Å². The van der Waals surface area contributed by atoms with Gasteiger partial charge in [-0.05, 0) is 69.4 Å². The van der Waals surface area contributed by atoms with Crippen molar-refractivity contribution >= 4 is 34.8 Å². The van der Waals surface area contributed by atoms with Crippen molar-refractivity contribution < 1.29 is 38.1 Å². The second kappa shape index (κ2) is 13.1. The number of hydrogen-bond acceptors (Lipinski definition) is 10. The van der Waals surface area contributed by atoms with Gasteiger partial charge in [-0.15, -0.1) is 0 Å². The van der Waals surface area contributed by atoms with E-state index in [-0.39, 0.29) is 36.3 Å². The molecule has 12 heteroatoms. The maximum atomic E-state index is 14.5. The van der Waals surface area contributed by atoms with Crippen LogP contribution >= 0.6 is 0 Å². The molecule has 2 aromatic rings. The molecule has 0 radical (unpaired) electrons. The zero-order valence-corrected chi connectivity index (χ0v) is 29.1. The van der Waals surface area contributed by atoms with Crippen LogP contribution in [-0.4, -0.2) is 83.8 Å². The number of fused-ring (bicyclic) bond motifs is 1. The Hall–Kier alpha value is -4.09. The fourth-order valence-electron chi connectivity index (χ4n) is 7.34. The lowest BCUT2D eigenvalue weighted by atomic mass is 9.85. The number of aromatic nitrogens is 1. The van der Waals surface area contributed by atoms with Crippen LogP contribution in [0.5, 0.6) is 17.4 Å². The standard InChI is InChI=1S/C36H48N4O8/c1-8-21-18-36(21)33(42)48-31(39-36)25-16-23(46-27-17-28(45-9-2)37-29-20(3)26(44-7)15-14-24(27)29)19-40(25)32(41)30(35(4,5)6)38-34(43)47-22-12-10-11-13-22/h14-15,17,21-23,25,30H,8-13,16,18-19H2,1-7H3,(H,38,43)/t21?,23-,25+,30-,36-/m1/s1. The minimum absolute atomic E-state index is 0.120. The number of likely N-dealkylation sites (tertiary alicyclic amines) is 1. The van der Waals surface area contributed by atoms with Crippen molar-refractivity contribution in [2.45, 2.75) is 116 Å². The second-order valence-electron chi connectivity index (χ2n) is 14.5. The normalized spacial score (nSPS) is 26.0. The van der Waals surface area contributed by atoms with E-state index in [1.165, 1.54) is 0 Å². The van der Waals surface area contributed by atoms with Crippen LogP contribution in [0.4, 0.5) is 4.79 Å². The summed E-state index contributed by atoms with van der Waals surface area (Å²) in [5.41, 5.74) is 0.0116. The summed E-state index contributed by atoms with van der Waals surface area (Å²) in [6.07, 6.45) is 4.21. The SMILES string of the molecule is CCOc1cc(O[C@@H]2C[C@@H](C3=N[C@@]4(CC4CC)C(=O)O3)N(C(=O)[C@@H](NC(=O)OC3CCCC3)C(C)(C)C)C2)c2ccc(OC)c(C)c2n1. The number of benzene rings is 1. The van der Waals surface area contributed by atoms with Gasteiger partial charge in [-0.25, -0.2) is 19.6 Å². The fraction of sp³-hybridized carbons (Fsp3) is 0.639. The number of aryl methyl sites for hydroxylation is 1. The van der Waals surface area contributed by atoms with E-state index in [2.05, 4.69) is 5.32 Å². The first-order valence-corrected chi connectivity index (χ1v) is 17.3. The molecule has 5 atom stereocenters. The first-order chi connectivity index (χ1) is 22.9. The van der Waals surface area contributed by atoms with E-state index in [9.17, 15) is 14.4 Å². The van der Waals surface area contributed by atoms with Gasteiger partial charge >= 0.3 is 12.1 Å². The fourth-order valence-corrected chi connectivity index (χ4v) is 7.34. The van der Waals surface area contributed by atoms with Gasteiger partial charge in [0.1, 0.15) is 35.8 Å². The van der Waals surface area contributed by atoms with Gasteiger partial charge in [-0.1, -0.05) is 34.1 Å². The number of cyclic esters (lactones) is 1. The largest absolute Gasteiger partial charge is 0.496 e. The Balaban J connectivity index is 1.32. The Morgan fingerprint density at radius 3 is 2.54 bits per heavy atom. The van der Waals surface area contributed by atoms with Crippen molar-refractivity contribution in [1.82, 2.24) is 15.2 Å². The Morgan fingerprint density at radius 2 is 1.90 bits per heavy atom. The minimum atomic E-state index is -0.912. The molecule has 3 fully saturated rings. The highest BCUT2D eigenvalue weighted by atomic mass is 16.6. The Bertz CT molecular complexity index is 1610. The number of carbonyl (C=O) groups is 3. The average Bonchev–Trinajstić information content (AvgIpc) is 3.35. The summed E-state index contributed by atoms with van der Waals surface area (Å²) in [5, 5.41) is 3.65. The highest BCUT2D eigenvalue weighted by Crippen LogP contribution is 2.53. The van der Waals surface area contributed by atoms with Crippen molar-refractivity contribution in [3.63, 3.8) is 0 Å². The number of amides is 2. The maximum Gasteiger partial charge on any atom is 0.408 e. The molecule has 2 amide bonds. The van der Waals surface area contributed by atoms with Crippen LogP contribution in [0.25, 0.3) is 10.9 Å². The maximum absolute atomic E-state index is 14.5. The van der Waals surface area contributed by atoms with E-state index in [1.54, 1.807) is 18.1 Å². The molecule has 1 spiro atoms. The number of pyridine rings is 1. The van der Waals surface area contributed by atoms with E-state index >= 15 is 0 Å². The first-order valence-electron chi connectivity index (χ1n) is 17.3. The molecule has 1 unspecified atom stereocenters. The number of ether oxygens (including phenoxy) is 5. The zero-order chi connectivity index (χ0) is 34.4. The lowest BCUT2D eigenvalue weighted by Gasteiger charge is -2.35. The van der Waals surface area contributed by atoms with Gasteiger partial charge in [0.15, 0.2) is 5.54 Å². The number of rotatable bonds is 10. The first kappa shape index (κ1) is 33.8. The van der Waals surface area contributed by atoms with E-state index in [4.69, 9.17) is 33.7 Å². The van der Waals surface area contributed by atoms with Gasteiger partial charge in [0, 0.05) is 23.4 Å². The number of carbonyl (C=O) groups excluding carboxylic acids is 3. The predicted octanol–water partition coefficient (Wildman–Crippen LogP) is 5.51. The number of methoxy groups -OCH3 is 1. The Labute approximate surface area is 281 Å². The molecule has 1 N–H and O–H groups in total.